The molecule has 1 saturated heterocycles. The third-order valence-corrected chi connectivity index (χ3v) is 7.52. The zero-order chi connectivity index (χ0) is 22.0. The zero-order valence-electron chi connectivity index (χ0n) is 17.2. The topological polar surface area (TPSA) is 62.7 Å². The molecule has 0 aliphatic carbocycles. The first-order valence-corrected chi connectivity index (χ1v) is 11.8. The maximum Gasteiger partial charge on any atom is 0.307 e. The number of piperidine rings is 1. The van der Waals surface area contributed by atoms with E-state index in [1.165, 1.54) is 0 Å². The van der Waals surface area contributed by atoms with Crippen LogP contribution in [-0.4, -0.2) is 35.8 Å². The average molecular weight is 479 g/mol. The van der Waals surface area contributed by atoms with Crippen molar-refractivity contribution in [2.24, 2.45) is 5.41 Å². The van der Waals surface area contributed by atoms with E-state index in [0.717, 1.165) is 52.7 Å². The Bertz CT molecular complexity index is 1090. The van der Waals surface area contributed by atoms with E-state index in [1.54, 1.807) is 29.5 Å². The van der Waals surface area contributed by atoms with Crippen molar-refractivity contribution in [3.8, 4) is 5.75 Å². The molecule has 2 heterocycles. The number of benzene rings is 2. The summed E-state index contributed by atoms with van der Waals surface area (Å²) in [6.07, 6.45) is 2.98. The monoisotopic (exact) mass is 478 g/mol. The molecule has 164 valence electrons. The Hall–Kier alpha value is -2.02. The molecule has 8 heteroatoms. The van der Waals surface area contributed by atoms with E-state index < -0.39 is 5.97 Å². The summed E-state index contributed by atoms with van der Waals surface area (Å²) in [5, 5.41) is 11.3. The van der Waals surface area contributed by atoms with E-state index in [9.17, 15) is 4.79 Å². The minimum absolute atomic E-state index is 0.0426. The lowest BCUT2D eigenvalue weighted by Crippen LogP contribution is -2.39. The van der Waals surface area contributed by atoms with E-state index in [2.05, 4.69) is 11.8 Å². The highest BCUT2D eigenvalue weighted by Crippen LogP contribution is 2.39. The van der Waals surface area contributed by atoms with Crippen LogP contribution in [0.15, 0.2) is 36.4 Å². The predicted octanol–water partition coefficient (Wildman–Crippen LogP) is 6.31. The van der Waals surface area contributed by atoms with Gasteiger partial charge in [-0.15, -0.1) is 0 Å². The lowest BCUT2D eigenvalue weighted by atomic mass is 9.78. The molecule has 2 aromatic carbocycles. The molecular formula is C23H24Cl2N2O3S. The number of aliphatic carboxylic acids is 1. The standard InChI is InChI=1S/C23H24Cl2N2O3S/c1-23(8-11-30-19-12-15(13-21(28)29)2-4-17(19)25)6-9-27(10-7-23)22-26-18-5-3-16(24)14-20(18)31-22/h2-5,12,14H,6-11,13H2,1H3,(H,28,29). The molecule has 1 aliphatic rings. The number of rotatable bonds is 7. The first-order valence-electron chi connectivity index (χ1n) is 10.3. The third kappa shape index (κ3) is 5.43. The van der Waals surface area contributed by atoms with Crippen molar-refractivity contribution in [1.29, 1.82) is 0 Å². The molecule has 1 aliphatic heterocycles. The van der Waals surface area contributed by atoms with Crippen molar-refractivity contribution in [2.45, 2.75) is 32.6 Å². The largest absolute Gasteiger partial charge is 0.492 e. The van der Waals surface area contributed by atoms with Crippen LogP contribution in [0.4, 0.5) is 5.13 Å². The van der Waals surface area contributed by atoms with Crippen molar-refractivity contribution in [1.82, 2.24) is 4.98 Å². The van der Waals surface area contributed by atoms with Crippen molar-refractivity contribution in [3.63, 3.8) is 0 Å². The summed E-state index contributed by atoms with van der Waals surface area (Å²) in [4.78, 5) is 18.1. The summed E-state index contributed by atoms with van der Waals surface area (Å²) in [7, 11) is 0. The number of hydrogen-bond acceptors (Lipinski definition) is 5. The van der Waals surface area contributed by atoms with Gasteiger partial charge in [0.05, 0.1) is 28.3 Å². The summed E-state index contributed by atoms with van der Waals surface area (Å²) >= 11 is 14.0. The highest BCUT2D eigenvalue weighted by atomic mass is 35.5. The van der Waals surface area contributed by atoms with Crippen LogP contribution in [0.1, 0.15) is 31.7 Å². The zero-order valence-corrected chi connectivity index (χ0v) is 19.6. The molecule has 0 spiro atoms. The number of aromatic nitrogens is 1. The Labute approximate surface area is 195 Å². The summed E-state index contributed by atoms with van der Waals surface area (Å²) < 4.78 is 7.05. The average Bonchev–Trinajstić information content (AvgIpc) is 3.13. The maximum absolute atomic E-state index is 10.9. The van der Waals surface area contributed by atoms with Gasteiger partial charge < -0.3 is 14.7 Å². The summed E-state index contributed by atoms with van der Waals surface area (Å²) in [5.74, 6) is -0.321. The molecule has 0 radical (unpaired) electrons. The number of anilines is 1. The molecule has 1 fully saturated rings. The van der Waals surface area contributed by atoms with Gasteiger partial charge in [0.25, 0.3) is 0 Å². The van der Waals surface area contributed by atoms with Gasteiger partial charge in [-0.3, -0.25) is 4.79 Å². The Kier molecular flexibility index (Phi) is 6.60. The molecule has 0 saturated carbocycles. The summed E-state index contributed by atoms with van der Waals surface area (Å²) in [5.41, 5.74) is 1.86. The maximum atomic E-state index is 10.9. The molecule has 1 aromatic heterocycles. The minimum Gasteiger partial charge on any atom is -0.492 e. The molecule has 5 nitrogen and oxygen atoms in total. The van der Waals surface area contributed by atoms with E-state index in [1.807, 2.05) is 18.2 Å². The Morgan fingerprint density at radius 1 is 1.23 bits per heavy atom. The Balaban J connectivity index is 1.32. The van der Waals surface area contributed by atoms with E-state index in [-0.39, 0.29) is 11.8 Å². The second kappa shape index (κ2) is 9.23. The Morgan fingerprint density at radius 3 is 2.74 bits per heavy atom. The molecule has 0 amide bonds. The SMILES string of the molecule is CC1(CCOc2cc(CC(=O)O)ccc2Cl)CCN(c2nc3ccc(Cl)cc3s2)CC1. The fourth-order valence-corrected chi connectivity index (χ4v) is 5.33. The highest BCUT2D eigenvalue weighted by molar-refractivity contribution is 7.22. The second-order valence-electron chi connectivity index (χ2n) is 8.34. The number of hydrogen-bond donors (Lipinski definition) is 1. The third-order valence-electron chi connectivity index (χ3n) is 5.89. The quantitative estimate of drug-likeness (QED) is 0.431. The van der Waals surface area contributed by atoms with Gasteiger partial charge in [-0.25, -0.2) is 4.98 Å². The number of carboxylic acid groups (broad SMARTS) is 1. The van der Waals surface area contributed by atoms with Crippen LogP contribution in [0, 0.1) is 5.41 Å². The van der Waals surface area contributed by atoms with Crippen LogP contribution in [0.3, 0.4) is 0 Å². The van der Waals surface area contributed by atoms with Gasteiger partial charge in [0.2, 0.25) is 0 Å². The van der Waals surface area contributed by atoms with Crippen LogP contribution in [0.5, 0.6) is 5.75 Å². The first kappa shape index (κ1) is 22.2. The number of fused-ring (bicyclic) bond motifs is 1. The molecule has 0 bridgehead atoms. The number of halogens is 2. The fraction of sp³-hybridized carbons (Fsp3) is 0.391. The van der Waals surface area contributed by atoms with Gasteiger partial charge in [0.1, 0.15) is 5.75 Å². The summed E-state index contributed by atoms with van der Waals surface area (Å²) in [6.45, 7) is 4.76. The van der Waals surface area contributed by atoms with Crippen LogP contribution in [0.2, 0.25) is 10.0 Å². The lowest BCUT2D eigenvalue weighted by Gasteiger charge is -2.39. The number of carbonyl (C=O) groups is 1. The normalized spacial score (nSPS) is 15.9. The van der Waals surface area contributed by atoms with Gasteiger partial charge in [0.15, 0.2) is 5.13 Å². The highest BCUT2D eigenvalue weighted by Gasteiger charge is 2.31. The molecule has 31 heavy (non-hydrogen) atoms. The van der Waals surface area contributed by atoms with Crippen LogP contribution in [-0.2, 0) is 11.2 Å². The number of carboxylic acids is 1. The van der Waals surface area contributed by atoms with Crippen molar-refractivity contribution in [3.05, 3.63) is 52.0 Å². The summed E-state index contributed by atoms with van der Waals surface area (Å²) in [6, 6.07) is 11.0. The second-order valence-corrected chi connectivity index (χ2v) is 10.2. The molecule has 1 N–H and O–H groups in total. The van der Waals surface area contributed by atoms with Gasteiger partial charge in [0, 0.05) is 18.1 Å². The van der Waals surface area contributed by atoms with Gasteiger partial charge >= 0.3 is 5.97 Å². The van der Waals surface area contributed by atoms with Crippen LogP contribution in [0.25, 0.3) is 10.2 Å². The van der Waals surface area contributed by atoms with E-state index in [0.29, 0.717) is 22.9 Å². The van der Waals surface area contributed by atoms with Gasteiger partial charge in [-0.05, 0) is 60.6 Å². The van der Waals surface area contributed by atoms with Crippen molar-refractivity contribution in [2.75, 3.05) is 24.6 Å². The van der Waals surface area contributed by atoms with Gasteiger partial charge in [-0.2, -0.15) is 0 Å². The van der Waals surface area contributed by atoms with Crippen LogP contribution >= 0.6 is 34.5 Å². The predicted molar refractivity (Wildman–Crippen MR) is 127 cm³/mol. The first-order chi connectivity index (χ1) is 14.8. The minimum atomic E-state index is -0.872. The van der Waals surface area contributed by atoms with Crippen LogP contribution < -0.4 is 9.64 Å². The molecule has 0 atom stereocenters. The number of thiazole rings is 1. The van der Waals surface area contributed by atoms with E-state index in [4.69, 9.17) is 38.0 Å². The molecule has 3 aromatic rings. The van der Waals surface area contributed by atoms with Crippen molar-refractivity contribution < 1.29 is 14.6 Å². The smallest absolute Gasteiger partial charge is 0.307 e. The number of ether oxygens (including phenoxy) is 1. The van der Waals surface area contributed by atoms with Crippen molar-refractivity contribution >= 4 is 55.9 Å². The van der Waals surface area contributed by atoms with Gasteiger partial charge in [-0.1, -0.05) is 47.5 Å². The fourth-order valence-electron chi connectivity index (χ4n) is 3.86. The molecule has 0 unspecified atom stereocenters. The molecular weight excluding hydrogens is 455 g/mol. The number of nitrogens with zero attached hydrogens (tertiary/aromatic N) is 2. The molecule has 4 rings (SSSR count). The lowest BCUT2D eigenvalue weighted by molar-refractivity contribution is -0.136. The van der Waals surface area contributed by atoms with E-state index >= 15 is 0 Å². The Morgan fingerprint density at radius 2 is 2.00 bits per heavy atom.